The van der Waals surface area contributed by atoms with E-state index in [-0.39, 0.29) is 24.8 Å². The molecule has 3 rings (SSSR count). The van der Waals surface area contributed by atoms with Gasteiger partial charge >= 0.3 is 0 Å². The summed E-state index contributed by atoms with van der Waals surface area (Å²) in [6.07, 6.45) is 0.856. The van der Waals surface area contributed by atoms with E-state index in [1.807, 2.05) is 30.1 Å². The number of para-hydroxylation sites is 1. The van der Waals surface area contributed by atoms with Crippen LogP contribution in [-0.2, 0) is 16.1 Å². The monoisotopic (exact) mass is 292 g/mol. The molecule has 0 aliphatic carbocycles. The van der Waals surface area contributed by atoms with Gasteiger partial charge in [-0.25, -0.2) is 0 Å². The van der Waals surface area contributed by atoms with Gasteiger partial charge in [0.25, 0.3) is 0 Å². The quantitative estimate of drug-likeness (QED) is 0.887. The third kappa shape index (κ3) is 2.82. The highest BCUT2D eigenvalue weighted by atomic mass is 16.7. The van der Waals surface area contributed by atoms with Gasteiger partial charge < -0.3 is 19.5 Å². The molecule has 2 atom stereocenters. The lowest BCUT2D eigenvalue weighted by molar-refractivity contribution is -0.125. The van der Waals surface area contributed by atoms with Crippen LogP contribution in [0, 0.1) is 0 Å². The minimum absolute atomic E-state index is 0.0218. The van der Waals surface area contributed by atoms with Crippen LogP contribution in [0.25, 0.3) is 0 Å². The number of benzene rings is 1. The first-order valence-electron chi connectivity index (χ1n) is 7.07. The SMILES string of the molecule is CO[C@H]1C[C@@H](C(=O)NCc2cccc3c2OCO3)N(C)C1. The lowest BCUT2D eigenvalue weighted by atomic mass is 10.1. The molecule has 1 aromatic rings. The number of rotatable bonds is 4. The van der Waals surface area contributed by atoms with E-state index in [9.17, 15) is 4.79 Å². The summed E-state index contributed by atoms with van der Waals surface area (Å²) >= 11 is 0. The molecule has 6 nitrogen and oxygen atoms in total. The number of carbonyl (C=O) groups excluding carboxylic acids is 1. The second kappa shape index (κ2) is 5.91. The number of hydrogen-bond acceptors (Lipinski definition) is 5. The van der Waals surface area contributed by atoms with E-state index in [2.05, 4.69) is 5.32 Å². The fourth-order valence-electron chi connectivity index (χ4n) is 2.86. The molecule has 0 unspecified atom stereocenters. The van der Waals surface area contributed by atoms with Crippen LogP contribution in [0.3, 0.4) is 0 Å². The minimum atomic E-state index is -0.135. The molecule has 0 saturated carbocycles. The number of methoxy groups -OCH3 is 1. The van der Waals surface area contributed by atoms with Crippen molar-refractivity contribution in [1.29, 1.82) is 0 Å². The van der Waals surface area contributed by atoms with E-state index in [1.165, 1.54) is 0 Å². The molecule has 0 aromatic heterocycles. The Hall–Kier alpha value is -1.79. The molecule has 1 fully saturated rings. The number of carbonyl (C=O) groups is 1. The van der Waals surface area contributed by atoms with E-state index in [0.717, 1.165) is 30.0 Å². The van der Waals surface area contributed by atoms with Crippen LogP contribution < -0.4 is 14.8 Å². The van der Waals surface area contributed by atoms with Crippen LogP contribution in [-0.4, -0.2) is 50.4 Å². The number of likely N-dealkylation sites (N-methyl/N-ethyl adjacent to an activating group) is 1. The summed E-state index contributed by atoms with van der Waals surface area (Å²) in [5, 5.41) is 2.97. The Balaban J connectivity index is 1.61. The topological polar surface area (TPSA) is 60.0 Å². The minimum Gasteiger partial charge on any atom is -0.454 e. The molecular formula is C15H20N2O4. The third-order valence-electron chi connectivity index (χ3n) is 4.08. The zero-order chi connectivity index (χ0) is 14.8. The fourth-order valence-corrected chi connectivity index (χ4v) is 2.86. The van der Waals surface area contributed by atoms with Gasteiger partial charge in [-0.2, -0.15) is 0 Å². The van der Waals surface area contributed by atoms with Gasteiger partial charge in [0.2, 0.25) is 12.7 Å². The van der Waals surface area contributed by atoms with Crippen molar-refractivity contribution in [1.82, 2.24) is 10.2 Å². The van der Waals surface area contributed by atoms with Crippen molar-refractivity contribution in [3.05, 3.63) is 23.8 Å². The van der Waals surface area contributed by atoms with Crippen molar-refractivity contribution in [3.8, 4) is 11.5 Å². The maximum absolute atomic E-state index is 12.3. The van der Waals surface area contributed by atoms with Crippen molar-refractivity contribution in [2.75, 3.05) is 27.5 Å². The van der Waals surface area contributed by atoms with Crippen molar-refractivity contribution in [2.24, 2.45) is 0 Å². The van der Waals surface area contributed by atoms with Crippen LogP contribution in [0.5, 0.6) is 11.5 Å². The molecule has 6 heteroatoms. The Kier molecular flexibility index (Phi) is 3.98. The van der Waals surface area contributed by atoms with Crippen molar-refractivity contribution < 1.29 is 19.0 Å². The largest absolute Gasteiger partial charge is 0.454 e. The van der Waals surface area contributed by atoms with E-state index in [4.69, 9.17) is 14.2 Å². The molecule has 1 saturated heterocycles. The second-order valence-corrected chi connectivity index (χ2v) is 5.42. The summed E-state index contributed by atoms with van der Waals surface area (Å²) in [5.41, 5.74) is 0.933. The van der Waals surface area contributed by atoms with Crippen molar-refractivity contribution in [2.45, 2.75) is 25.1 Å². The molecule has 1 amide bonds. The molecule has 2 aliphatic rings. The predicted octanol–water partition coefficient (Wildman–Crippen LogP) is 0.751. The average Bonchev–Trinajstić information content (AvgIpc) is 3.10. The van der Waals surface area contributed by atoms with Gasteiger partial charge in [0.1, 0.15) is 0 Å². The Labute approximate surface area is 124 Å². The lowest BCUT2D eigenvalue weighted by Crippen LogP contribution is -2.41. The molecule has 114 valence electrons. The number of ether oxygens (including phenoxy) is 3. The van der Waals surface area contributed by atoms with Gasteiger partial charge in [0.05, 0.1) is 12.1 Å². The Morgan fingerprint density at radius 3 is 3.10 bits per heavy atom. The van der Waals surface area contributed by atoms with E-state index in [1.54, 1.807) is 7.11 Å². The number of fused-ring (bicyclic) bond motifs is 1. The standard InChI is InChI=1S/C15H20N2O4/c1-17-8-11(19-2)6-12(17)15(18)16-7-10-4-3-5-13-14(10)21-9-20-13/h3-5,11-12H,6-9H2,1-2H3,(H,16,18)/t11-,12-/m0/s1. The zero-order valence-corrected chi connectivity index (χ0v) is 12.3. The van der Waals surface area contributed by atoms with Gasteiger partial charge in [-0.05, 0) is 19.5 Å². The van der Waals surface area contributed by atoms with Crippen LogP contribution in [0.4, 0.5) is 0 Å². The summed E-state index contributed by atoms with van der Waals surface area (Å²) in [6.45, 7) is 1.46. The van der Waals surface area contributed by atoms with Gasteiger partial charge in [-0.3, -0.25) is 9.69 Å². The maximum Gasteiger partial charge on any atom is 0.237 e. The van der Waals surface area contributed by atoms with Gasteiger partial charge in [-0.15, -0.1) is 0 Å². The van der Waals surface area contributed by atoms with Gasteiger partial charge in [0, 0.05) is 25.8 Å². The Morgan fingerprint density at radius 2 is 2.33 bits per heavy atom. The summed E-state index contributed by atoms with van der Waals surface area (Å²) in [5.74, 6) is 1.49. The first kappa shape index (κ1) is 14.2. The van der Waals surface area contributed by atoms with Crippen LogP contribution in [0.15, 0.2) is 18.2 Å². The number of nitrogens with zero attached hydrogens (tertiary/aromatic N) is 1. The summed E-state index contributed by atoms with van der Waals surface area (Å²) < 4.78 is 16.1. The molecule has 2 aliphatic heterocycles. The number of likely N-dealkylation sites (tertiary alicyclic amines) is 1. The van der Waals surface area contributed by atoms with Crippen molar-refractivity contribution in [3.63, 3.8) is 0 Å². The molecule has 1 N–H and O–H groups in total. The molecule has 0 bridgehead atoms. The highest BCUT2D eigenvalue weighted by molar-refractivity contribution is 5.82. The van der Waals surface area contributed by atoms with Crippen LogP contribution in [0.1, 0.15) is 12.0 Å². The Morgan fingerprint density at radius 1 is 1.48 bits per heavy atom. The molecule has 1 aromatic carbocycles. The highest BCUT2D eigenvalue weighted by Crippen LogP contribution is 2.35. The smallest absolute Gasteiger partial charge is 0.237 e. The molecule has 0 spiro atoms. The number of nitrogens with one attached hydrogen (secondary N) is 1. The van der Waals surface area contributed by atoms with E-state index < -0.39 is 0 Å². The predicted molar refractivity (Wildman–Crippen MR) is 76.2 cm³/mol. The van der Waals surface area contributed by atoms with E-state index in [0.29, 0.717) is 6.54 Å². The average molecular weight is 292 g/mol. The lowest BCUT2D eigenvalue weighted by Gasteiger charge is -2.18. The molecule has 2 heterocycles. The van der Waals surface area contributed by atoms with E-state index >= 15 is 0 Å². The summed E-state index contributed by atoms with van der Waals surface area (Å²) in [7, 11) is 3.63. The number of amides is 1. The summed E-state index contributed by atoms with van der Waals surface area (Å²) in [4.78, 5) is 14.3. The first-order chi connectivity index (χ1) is 10.2. The Bertz CT molecular complexity index is 534. The molecule has 21 heavy (non-hydrogen) atoms. The third-order valence-corrected chi connectivity index (χ3v) is 4.08. The molecular weight excluding hydrogens is 272 g/mol. The second-order valence-electron chi connectivity index (χ2n) is 5.42. The highest BCUT2D eigenvalue weighted by Gasteiger charge is 2.34. The molecule has 0 radical (unpaired) electrons. The maximum atomic E-state index is 12.3. The fraction of sp³-hybridized carbons (Fsp3) is 0.533. The van der Waals surface area contributed by atoms with Gasteiger partial charge in [-0.1, -0.05) is 12.1 Å². The van der Waals surface area contributed by atoms with Gasteiger partial charge in [0.15, 0.2) is 11.5 Å². The van der Waals surface area contributed by atoms with Crippen LogP contribution in [0.2, 0.25) is 0 Å². The van der Waals surface area contributed by atoms with Crippen LogP contribution >= 0.6 is 0 Å². The first-order valence-corrected chi connectivity index (χ1v) is 7.07. The number of hydrogen-bond donors (Lipinski definition) is 1. The summed E-state index contributed by atoms with van der Waals surface area (Å²) in [6, 6.07) is 5.56. The normalized spacial score (nSPS) is 24.3. The van der Waals surface area contributed by atoms with Crippen molar-refractivity contribution >= 4 is 5.91 Å². The zero-order valence-electron chi connectivity index (χ0n) is 12.3.